The molecule has 0 aliphatic carbocycles. The molecule has 0 spiro atoms. The molecule has 0 aliphatic heterocycles. The minimum Gasteiger partial charge on any atom is -0.389 e. The van der Waals surface area contributed by atoms with E-state index in [-0.39, 0.29) is 11.6 Å². The zero-order valence-corrected chi connectivity index (χ0v) is 12.7. The van der Waals surface area contributed by atoms with Gasteiger partial charge in [-0.1, -0.05) is 24.3 Å². The van der Waals surface area contributed by atoms with Gasteiger partial charge >= 0.3 is 0 Å². The second-order valence-corrected chi connectivity index (χ2v) is 6.06. The summed E-state index contributed by atoms with van der Waals surface area (Å²) in [4.78, 5) is 0. The highest BCUT2D eigenvalue weighted by Crippen LogP contribution is 2.16. The molecule has 1 aromatic rings. The van der Waals surface area contributed by atoms with E-state index >= 15 is 0 Å². The topological polar surface area (TPSA) is 41.5 Å². The van der Waals surface area contributed by atoms with Crippen molar-refractivity contribution in [3.05, 3.63) is 35.4 Å². The van der Waals surface area contributed by atoms with Crippen LogP contribution in [0.3, 0.4) is 0 Å². The number of nitrogens with one attached hydrogen (secondary N) is 1. The first kappa shape index (κ1) is 16.2. The molecule has 108 valence electrons. The van der Waals surface area contributed by atoms with Crippen molar-refractivity contribution in [3.8, 4) is 0 Å². The van der Waals surface area contributed by atoms with Crippen molar-refractivity contribution >= 4 is 0 Å². The van der Waals surface area contributed by atoms with Crippen LogP contribution >= 0.6 is 0 Å². The van der Waals surface area contributed by atoms with E-state index in [0.29, 0.717) is 13.2 Å². The normalized spacial score (nSPS) is 15.3. The summed E-state index contributed by atoms with van der Waals surface area (Å²) in [6, 6.07) is 8.53. The molecule has 0 fully saturated rings. The molecule has 2 atom stereocenters. The van der Waals surface area contributed by atoms with Crippen LogP contribution in [-0.2, 0) is 4.74 Å². The summed E-state index contributed by atoms with van der Waals surface area (Å²) in [7, 11) is 0. The highest BCUT2D eigenvalue weighted by Gasteiger charge is 2.15. The predicted octanol–water partition coefficient (Wildman–Crippen LogP) is 2.82. The van der Waals surface area contributed by atoms with Crippen LogP contribution in [0.25, 0.3) is 0 Å². The monoisotopic (exact) mass is 265 g/mol. The minimum atomic E-state index is -0.481. The van der Waals surface area contributed by atoms with E-state index in [0.717, 1.165) is 0 Å². The lowest BCUT2D eigenvalue weighted by molar-refractivity contribution is -0.0482. The molecular weight excluding hydrogens is 238 g/mol. The lowest BCUT2D eigenvalue weighted by Crippen LogP contribution is -2.35. The number of hydrogen-bond acceptors (Lipinski definition) is 3. The summed E-state index contributed by atoms with van der Waals surface area (Å²) in [6.07, 6.45) is -0.481. The summed E-state index contributed by atoms with van der Waals surface area (Å²) in [5.74, 6) is 0. The summed E-state index contributed by atoms with van der Waals surface area (Å²) in [5.41, 5.74) is 2.33. The molecule has 19 heavy (non-hydrogen) atoms. The fourth-order valence-corrected chi connectivity index (χ4v) is 1.90. The number of hydrogen-bond donors (Lipinski definition) is 2. The van der Waals surface area contributed by atoms with Gasteiger partial charge in [0.25, 0.3) is 0 Å². The Morgan fingerprint density at radius 2 is 1.89 bits per heavy atom. The van der Waals surface area contributed by atoms with Crippen molar-refractivity contribution in [2.75, 3.05) is 13.2 Å². The van der Waals surface area contributed by atoms with Crippen LogP contribution in [-0.4, -0.2) is 30.0 Å². The van der Waals surface area contributed by atoms with Crippen LogP contribution in [0.1, 0.15) is 44.9 Å². The van der Waals surface area contributed by atoms with Gasteiger partial charge in [-0.05, 0) is 45.7 Å². The van der Waals surface area contributed by atoms with Crippen LogP contribution in [0, 0.1) is 6.92 Å². The van der Waals surface area contributed by atoms with Crippen molar-refractivity contribution in [1.29, 1.82) is 0 Å². The van der Waals surface area contributed by atoms with Gasteiger partial charge in [0.1, 0.15) is 0 Å². The molecule has 0 heterocycles. The Hall–Kier alpha value is -0.900. The minimum absolute atomic E-state index is 0.206. The lowest BCUT2D eigenvalue weighted by Gasteiger charge is -2.23. The first-order chi connectivity index (χ1) is 8.79. The van der Waals surface area contributed by atoms with Gasteiger partial charge in [0.15, 0.2) is 0 Å². The molecule has 2 N–H and O–H groups in total. The Morgan fingerprint density at radius 1 is 1.26 bits per heavy atom. The number of benzene rings is 1. The van der Waals surface area contributed by atoms with Crippen molar-refractivity contribution in [3.63, 3.8) is 0 Å². The highest BCUT2D eigenvalue weighted by molar-refractivity contribution is 5.28. The Balaban J connectivity index is 2.38. The van der Waals surface area contributed by atoms with E-state index in [1.165, 1.54) is 11.1 Å². The Bertz CT molecular complexity index is 385. The molecule has 0 radical (unpaired) electrons. The molecule has 1 unspecified atom stereocenters. The van der Waals surface area contributed by atoms with E-state index in [1.54, 1.807) is 0 Å². The zero-order chi connectivity index (χ0) is 14.5. The van der Waals surface area contributed by atoms with Crippen LogP contribution in [0.15, 0.2) is 24.3 Å². The second-order valence-electron chi connectivity index (χ2n) is 6.06. The number of rotatable bonds is 6. The molecule has 0 aliphatic rings. The van der Waals surface area contributed by atoms with Crippen molar-refractivity contribution in [1.82, 2.24) is 5.32 Å². The molecule has 0 saturated heterocycles. The van der Waals surface area contributed by atoms with Crippen molar-refractivity contribution < 1.29 is 9.84 Å². The third kappa shape index (κ3) is 6.19. The third-order valence-corrected chi connectivity index (χ3v) is 3.02. The van der Waals surface area contributed by atoms with Crippen molar-refractivity contribution in [2.24, 2.45) is 0 Å². The molecule has 3 nitrogen and oxygen atoms in total. The molecular formula is C16H27NO2. The number of aryl methyl sites for hydroxylation is 1. The Labute approximate surface area is 117 Å². The lowest BCUT2D eigenvalue weighted by atomic mass is 10.0. The predicted molar refractivity (Wildman–Crippen MR) is 79.3 cm³/mol. The van der Waals surface area contributed by atoms with E-state index < -0.39 is 6.10 Å². The van der Waals surface area contributed by atoms with E-state index in [2.05, 4.69) is 31.3 Å². The first-order valence-electron chi connectivity index (χ1n) is 6.90. The molecule has 1 aromatic carbocycles. The van der Waals surface area contributed by atoms with E-state index in [9.17, 15) is 5.11 Å². The maximum Gasteiger partial charge on any atom is 0.0898 e. The van der Waals surface area contributed by atoms with Gasteiger partial charge in [0.05, 0.1) is 18.3 Å². The molecule has 1 rings (SSSR count). The van der Waals surface area contributed by atoms with Gasteiger partial charge in [-0.15, -0.1) is 0 Å². The Morgan fingerprint density at radius 3 is 2.47 bits per heavy atom. The third-order valence-electron chi connectivity index (χ3n) is 3.02. The van der Waals surface area contributed by atoms with Crippen LogP contribution in [0.5, 0.6) is 0 Å². The van der Waals surface area contributed by atoms with Gasteiger partial charge in [0, 0.05) is 12.6 Å². The summed E-state index contributed by atoms with van der Waals surface area (Å²) in [6.45, 7) is 11.1. The van der Waals surface area contributed by atoms with Gasteiger partial charge in [-0.2, -0.15) is 0 Å². The summed E-state index contributed by atoms with van der Waals surface area (Å²) in [5, 5.41) is 13.2. The largest absolute Gasteiger partial charge is 0.389 e. The average Bonchev–Trinajstić information content (AvgIpc) is 2.33. The number of ether oxygens (including phenoxy) is 1. The van der Waals surface area contributed by atoms with Crippen LogP contribution < -0.4 is 5.32 Å². The van der Waals surface area contributed by atoms with Crippen LogP contribution in [0.4, 0.5) is 0 Å². The Kier molecular flexibility index (Phi) is 5.98. The molecule has 0 amide bonds. The standard InChI is InChI=1S/C16H27NO2/c1-12-8-6-7-9-15(12)13(2)17-10-14(18)11-19-16(3,4)5/h6-9,13-14,17-18H,10-11H2,1-5H3/t13-,14?/m0/s1. The smallest absolute Gasteiger partial charge is 0.0898 e. The fourth-order valence-electron chi connectivity index (χ4n) is 1.90. The van der Waals surface area contributed by atoms with Crippen LogP contribution in [0.2, 0.25) is 0 Å². The molecule has 3 heteroatoms. The van der Waals surface area contributed by atoms with Crippen molar-refractivity contribution in [2.45, 2.75) is 52.4 Å². The SMILES string of the molecule is Cc1ccccc1[C@H](C)NCC(O)COC(C)(C)C. The second kappa shape index (κ2) is 7.04. The summed E-state index contributed by atoms with van der Waals surface area (Å²) < 4.78 is 5.56. The van der Waals surface area contributed by atoms with E-state index in [1.807, 2.05) is 32.9 Å². The van der Waals surface area contributed by atoms with Gasteiger partial charge in [-0.25, -0.2) is 0 Å². The first-order valence-corrected chi connectivity index (χ1v) is 6.90. The quantitative estimate of drug-likeness (QED) is 0.831. The maximum atomic E-state index is 9.89. The van der Waals surface area contributed by atoms with Gasteiger partial charge in [-0.3, -0.25) is 0 Å². The molecule has 0 bridgehead atoms. The summed E-state index contributed by atoms with van der Waals surface area (Å²) >= 11 is 0. The zero-order valence-electron chi connectivity index (χ0n) is 12.7. The fraction of sp³-hybridized carbons (Fsp3) is 0.625. The maximum absolute atomic E-state index is 9.89. The van der Waals surface area contributed by atoms with Gasteiger partial charge in [0.2, 0.25) is 0 Å². The van der Waals surface area contributed by atoms with Gasteiger partial charge < -0.3 is 15.2 Å². The molecule has 0 saturated carbocycles. The highest BCUT2D eigenvalue weighted by atomic mass is 16.5. The molecule has 0 aromatic heterocycles. The number of aliphatic hydroxyl groups is 1. The van der Waals surface area contributed by atoms with E-state index in [4.69, 9.17) is 4.74 Å². The number of aliphatic hydroxyl groups excluding tert-OH is 1. The average molecular weight is 265 g/mol.